The maximum Gasteiger partial charge on any atom is 0.309 e. The van der Waals surface area contributed by atoms with Crippen LogP contribution in [0.5, 0.6) is 0 Å². The summed E-state index contributed by atoms with van der Waals surface area (Å²) in [4.78, 5) is 23.6. The molecule has 2 rings (SSSR count). The molecule has 0 fully saturated rings. The number of nitrogens with one attached hydrogen (secondary N) is 2. The predicted octanol–water partition coefficient (Wildman–Crippen LogP) is 1.36. The van der Waals surface area contributed by atoms with E-state index < -0.39 is 17.4 Å². The molecule has 2 aromatic rings. The van der Waals surface area contributed by atoms with E-state index in [2.05, 4.69) is 10.6 Å². The molecule has 2 amide bonds. The molecule has 0 aliphatic heterocycles. The number of carbonyl (C=O) groups excluding carboxylic acids is 2. The number of hydrogen-bond donors (Lipinski definition) is 3. The van der Waals surface area contributed by atoms with Crippen LogP contribution in [0.4, 0.5) is 0 Å². The van der Waals surface area contributed by atoms with Gasteiger partial charge in [-0.25, -0.2) is 0 Å². The highest BCUT2D eigenvalue weighted by molar-refractivity contribution is 7.19. The summed E-state index contributed by atoms with van der Waals surface area (Å²) in [5.74, 6) is -1.43. The third-order valence-electron chi connectivity index (χ3n) is 3.09. The molecule has 5 nitrogen and oxygen atoms in total. The Morgan fingerprint density at radius 2 is 1.90 bits per heavy atom. The van der Waals surface area contributed by atoms with Crippen LogP contribution in [-0.4, -0.2) is 30.0 Å². The minimum absolute atomic E-state index is 0.0181. The summed E-state index contributed by atoms with van der Waals surface area (Å²) in [6, 6.07) is 9.72. The summed E-state index contributed by atoms with van der Waals surface area (Å²) in [6.45, 7) is 3.73. The third-order valence-corrected chi connectivity index (χ3v) is 4.46. The topological polar surface area (TPSA) is 78.4 Å². The Kier molecular flexibility index (Phi) is 4.59. The summed E-state index contributed by atoms with van der Waals surface area (Å²) in [6.07, 6.45) is 0. The molecule has 3 N–H and O–H groups in total. The number of hydrogen-bond acceptors (Lipinski definition) is 4. The van der Waals surface area contributed by atoms with Crippen LogP contribution in [0.15, 0.2) is 30.3 Å². The van der Waals surface area contributed by atoms with Crippen LogP contribution in [0.1, 0.15) is 18.7 Å². The number of aliphatic hydroxyl groups is 1. The Labute approximate surface area is 127 Å². The van der Waals surface area contributed by atoms with Crippen molar-refractivity contribution in [2.75, 3.05) is 13.1 Å². The van der Waals surface area contributed by atoms with Crippen LogP contribution >= 0.6 is 11.3 Å². The summed E-state index contributed by atoms with van der Waals surface area (Å²) < 4.78 is 1.07. The van der Waals surface area contributed by atoms with Gasteiger partial charge in [-0.15, -0.1) is 11.3 Å². The minimum atomic E-state index is -1.22. The van der Waals surface area contributed by atoms with Gasteiger partial charge in [0.05, 0.1) is 6.54 Å². The number of carbonyl (C=O) groups is 2. The molecule has 21 heavy (non-hydrogen) atoms. The zero-order valence-corrected chi connectivity index (χ0v) is 12.8. The van der Waals surface area contributed by atoms with Gasteiger partial charge >= 0.3 is 11.8 Å². The standard InChI is InChI=1S/C15H18N2O3S/c1-3-16-13(18)14(19)17-9-15(2,20)12-8-10-6-4-5-7-11(10)21-12/h4-8,20H,3,9H2,1-2H3,(H,16,18)(H,17,19). The lowest BCUT2D eigenvalue weighted by Crippen LogP contribution is -2.45. The number of thiophene rings is 1. The summed E-state index contributed by atoms with van der Waals surface area (Å²) >= 11 is 1.47. The van der Waals surface area contributed by atoms with Gasteiger partial charge in [-0.3, -0.25) is 9.59 Å². The van der Waals surface area contributed by atoms with Crippen molar-refractivity contribution in [1.29, 1.82) is 0 Å². The number of benzene rings is 1. The Morgan fingerprint density at radius 3 is 2.57 bits per heavy atom. The number of amides is 2. The van der Waals surface area contributed by atoms with Crippen molar-refractivity contribution < 1.29 is 14.7 Å². The number of likely N-dealkylation sites (N-methyl/N-ethyl adjacent to an activating group) is 1. The van der Waals surface area contributed by atoms with Gasteiger partial charge in [0.15, 0.2) is 0 Å². The third kappa shape index (κ3) is 3.59. The van der Waals surface area contributed by atoms with Crippen molar-refractivity contribution in [3.63, 3.8) is 0 Å². The molecule has 0 aliphatic carbocycles. The lowest BCUT2D eigenvalue weighted by atomic mass is 10.0. The average Bonchev–Trinajstić information content (AvgIpc) is 2.90. The van der Waals surface area contributed by atoms with Crippen molar-refractivity contribution in [2.45, 2.75) is 19.4 Å². The molecule has 0 aliphatic rings. The van der Waals surface area contributed by atoms with Crippen LogP contribution in [-0.2, 0) is 15.2 Å². The van der Waals surface area contributed by atoms with E-state index in [-0.39, 0.29) is 6.54 Å². The van der Waals surface area contributed by atoms with Gasteiger partial charge in [0.25, 0.3) is 0 Å². The van der Waals surface area contributed by atoms with Gasteiger partial charge in [0.1, 0.15) is 5.60 Å². The highest BCUT2D eigenvalue weighted by Crippen LogP contribution is 2.32. The van der Waals surface area contributed by atoms with Gasteiger partial charge in [-0.2, -0.15) is 0 Å². The molecular weight excluding hydrogens is 288 g/mol. The first-order valence-electron chi connectivity index (χ1n) is 6.71. The molecule has 1 aromatic heterocycles. The largest absolute Gasteiger partial charge is 0.383 e. The molecule has 6 heteroatoms. The zero-order chi connectivity index (χ0) is 15.5. The van der Waals surface area contributed by atoms with Gasteiger partial charge in [-0.1, -0.05) is 18.2 Å². The lowest BCUT2D eigenvalue weighted by molar-refractivity contribution is -0.139. The smallest absolute Gasteiger partial charge is 0.309 e. The van der Waals surface area contributed by atoms with Crippen LogP contribution < -0.4 is 10.6 Å². The summed E-state index contributed by atoms with van der Waals surface area (Å²) in [5.41, 5.74) is -1.22. The second kappa shape index (κ2) is 6.24. The molecular formula is C15H18N2O3S. The van der Waals surface area contributed by atoms with E-state index in [1.54, 1.807) is 13.8 Å². The number of fused-ring (bicyclic) bond motifs is 1. The zero-order valence-electron chi connectivity index (χ0n) is 12.0. The molecule has 0 radical (unpaired) electrons. The fraction of sp³-hybridized carbons (Fsp3) is 0.333. The van der Waals surface area contributed by atoms with Crippen molar-refractivity contribution in [3.05, 3.63) is 35.2 Å². The van der Waals surface area contributed by atoms with Crippen LogP contribution in [0.3, 0.4) is 0 Å². The van der Waals surface area contributed by atoms with Crippen molar-refractivity contribution in [2.24, 2.45) is 0 Å². The van der Waals surface area contributed by atoms with Crippen LogP contribution in [0.2, 0.25) is 0 Å². The second-order valence-corrected chi connectivity index (χ2v) is 6.05. The monoisotopic (exact) mass is 306 g/mol. The first kappa shape index (κ1) is 15.5. The van der Waals surface area contributed by atoms with Gasteiger partial charge in [0, 0.05) is 16.1 Å². The van der Waals surface area contributed by atoms with Crippen molar-refractivity contribution in [3.8, 4) is 0 Å². The maximum atomic E-state index is 11.6. The first-order chi connectivity index (χ1) is 9.94. The molecule has 1 heterocycles. The number of rotatable bonds is 4. The van der Waals surface area contributed by atoms with E-state index in [1.807, 2.05) is 30.3 Å². The molecule has 0 spiro atoms. The van der Waals surface area contributed by atoms with E-state index in [0.29, 0.717) is 6.54 Å². The van der Waals surface area contributed by atoms with E-state index >= 15 is 0 Å². The minimum Gasteiger partial charge on any atom is -0.383 e. The molecule has 0 saturated heterocycles. The van der Waals surface area contributed by atoms with Crippen LogP contribution in [0.25, 0.3) is 10.1 Å². The van der Waals surface area contributed by atoms with Crippen LogP contribution in [0, 0.1) is 0 Å². The molecule has 0 bridgehead atoms. The normalized spacial score (nSPS) is 13.7. The fourth-order valence-electron chi connectivity index (χ4n) is 1.91. The van der Waals surface area contributed by atoms with Crippen molar-refractivity contribution in [1.82, 2.24) is 10.6 Å². The SMILES string of the molecule is CCNC(=O)C(=O)NCC(C)(O)c1cc2ccccc2s1. The van der Waals surface area contributed by atoms with E-state index in [1.165, 1.54) is 11.3 Å². The molecule has 1 unspecified atom stereocenters. The molecule has 112 valence electrons. The Hall–Kier alpha value is -1.92. The maximum absolute atomic E-state index is 11.6. The highest BCUT2D eigenvalue weighted by Gasteiger charge is 2.27. The van der Waals surface area contributed by atoms with E-state index in [0.717, 1.165) is 15.0 Å². The second-order valence-electron chi connectivity index (χ2n) is 4.96. The molecule has 1 atom stereocenters. The average molecular weight is 306 g/mol. The van der Waals surface area contributed by atoms with E-state index in [4.69, 9.17) is 0 Å². The van der Waals surface area contributed by atoms with Crippen molar-refractivity contribution >= 4 is 33.2 Å². The molecule has 0 saturated carbocycles. The Bertz CT molecular complexity index is 631. The van der Waals surface area contributed by atoms with E-state index in [9.17, 15) is 14.7 Å². The summed E-state index contributed by atoms with van der Waals surface area (Å²) in [7, 11) is 0. The van der Waals surface area contributed by atoms with Gasteiger partial charge < -0.3 is 15.7 Å². The first-order valence-corrected chi connectivity index (χ1v) is 7.53. The Morgan fingerprint density at radius 1 is 1.24 bits per heavy atom. The van der Waals surface area contributed by atoms with Gasteiger partial charge in [0.2, 0.25) is 0 Å². The molecule has 1 aromatic carbocycles. The lowest BCUT2D eigenvalue weighted by Gasteiger charge is -2.22. The fourth-order valence-corrected chi connectivity index (χ4v) is 3.01. The highest BCUT2D eigenvalue weighted by atomic mass is 32.1. The Balaban J connectivity index is 2.07. The quantitative estimate of drug-likeness (QED) is 0.746. The van der Waals surface area contributed by atoms with Gasteiger partial charge in [-0.05, 0) is 31.4 Å². The summed E-state index contributed by atoms with van der Waals surface area (Å²) in [5, 5.41) is 16.4. The predicted molar refractivity (Wildman–Crippen MR) is 83.1 cm³/mol.